The number of nitrogens with zero attached hydrogens (tertiary/aromatic N) is 1. The number of aryl methyl sites for hydroxylation is 1. The third-order valence-electron chi connectivity index (χ3n) is 7.35. The summed E-state index contributed by atoms with van der Waals surface area (Å²) in [6.45, 7) is 4.12. The highest BCUT2D eigenvalue weighted by Gasteiger charge is 2.29. The number of nitrogens with one attached hydrogen (secondary N) is 4. The molecular formula is C31H37N5O5S. The number of amides is 2. The molecule has 1 fully saturated rings. The fraction of sp³-hybridized carbons (Fsp3) is 0.323. The molecule has 1 aliphatic heterocycles. The Morgan fingerprint density at radius 3 is 2.40 bits per heavy atom. The number of sulfonamides is 1. The number of aliphatic hydroxyl groups is 1. The van der Waals surface area contributed by atoms with Gasteiger partial charge in [-0.1, -0.05) is 30.3 Å². The Labute approximate surface area is 246 Å². The average Bonchev–Trinajstić information content (AvgIpc) is 3.38. The van der Waals surface area contributed by atoms with Crippen LogP contribution in [0.2, 0.25) is 0 Å². The van der Waals surface area contributed by atoms with Crippen molar-refractivity contribution in [1.82, 2.24) is 14.6 Å². The second-order valence-electron chi connectivity index (χ2n) is 10.6. The van der Waals surface area contributed by atoms with Crippen molar-refractivity contribution in [2.45, 2.75) is 30.8 Å². The number of benzene rings is 3. The van der Waals surface area contributed by atoms with Crippen molar-refractivity contribution in [3.05, 3.63) is 84.6 Å². The van der Waals surface area contributed by atoms with Crippen LogP contribution in [0.5, 0.6) is 5.75 Å². The smallest absolute Gasteiger partial charge is 0.323 e. The van der Waals surface area contributed by atoms with E-state index in [0.717, 1.165) is 29.4 Å². The van der Waals surface area contributed by atoms with Crippen molar-refractivity contribution < 1.29 is 23.1 Å². The number of ether oxygens (including phenoxy) is 1. The predicted molar refractivity (Wildman–Crippen MR) is 164 cm³/mol. The van der Waals surface area contributed by atoms with Crippen LogP contribution in [0.4, 0.5) is 16.2 Å². The lowest BCUT2D eigenvalue weighted by molar-refractivity contribution is 0.105. The predicted octanol–water partition coefficient (Wildman–Crippen LogP) is 4.55. The number of carbonyl (C=O) groups excluding carboxylic acids is 1. The Morgan fingerprint density at radius 1 is 1.00 bits per heavy atom. The first kappa shape index (κ1) is 29.6. The van der Waals surface area contributed by atoms with Gasteiger partial charge >= 0.3 is 6.03 Å². The average molecular weight is 592 g/mol. The maximum Gasteiger partial charge on any atom is 0.323 e. The minimum absolute atomic E-state index is 0.173. The molecule has 222 valence electrons. The molecule has 3 aromatic carbocycles. The van der Waals surface area contributed by atoms with Gasteiger partial charge in [0.2, 0.25) is 10.0 Å². The lowest BCUT2D eigenvalue weighted by Gasteiger charge is -2.31. The Kier molecular flexibility index (Phi) is 9.43. The number of piperidine rings is 1. The fourth-order valence-electron chi connectivity index (χ4n) is 5.12. The van der Waals surface area contributed by atoms with Crippen LogP contribution in [-0.2, 0) is 10.0 Å². The summed E-state index contributed by atoms with van der Waals surface area (Å²) in [5.41, 5.74) is 3.14. The SMILES string of the molecule is Cc1cc2cccc(OC[C@@H](O)CNCC3CCN(S(=O)(=O)c4ccc(NC(=O)Nc5ccccc5)cc4)CC3)c2[nH]1. The van der Waals surface area contributed by atoms with Crippen molar-refractivity contribution in [1.29, 1.82) is 0 Å². The quantitative estimate of drug-likeness (QED) is 0.174. The Morgan fingerprint density at radius 2 is 1.69 bits per heavy atom. The first-order valence-corrected chi connectivity index (χ1v) is 15.5. The maximum atomic E-state index is 13.2. The molecule has 1 aliphatic rings. The number of aromatic amines is 1. The molecule has 2 amide bonds. The second-order valence-corrected chi connectivity index (χ2v) is 12.6. The van der Waals surface area contributed by atoms with Crippen molar-refractivity contribution in [3.63, 3.8) is 0 Å². The highest BCUT2D eigenvalue weighted by Crippen LogP contribution is 2.26. The zero-order valence-electron chi connectivity index (χ0n) is 23.5. The molecule has 0 unspecified atom stereocenters. The highest BCUT2D eigenvalue weighted by atomic mass is 32.2. The Balaban J connectivity index is 1.03. The number of rotatable bonds is 11. The molecule has 1 saturated heterocycles. The number of para-hydroxylation sites is 2. The van der Waals surface area contributed by atoms with Crippen molar-refractivity contribution in [2.24, 2.45) is 5.92 Å². The van der Waals surface area contributed by atoms with Crippen molar-refractivity contribution in [2.75, 3.05) is 43.4 Å². The van der Waals surface area contributed by atoms with E-state index in [1.54, 1.807) is 24.3 Å². The zero-order chi connectivity index (χ0) is 29.5. The van der Waals surface area contributed by atoms with E-state index in [-0.39, 0.29) is 11.5 Å². The van der Waals surface area contributed by atoms with Crippen LogP contribution < -0.4 is 20.7 Å². The molecule has 0 aliphatic carbocycles. The molecule has 10 nitrogen and oxygen atoms in total. The van der Waals surface area contributed by atoms with Gasteiger partial charge in [-0.05, 0) is 80.8 Å². The number of hydrogen-bond acceptors (Lipinski definition) is 6. The van der Waals surface area contributed by atoms with Gasteiger partial charge < -0.3 is 30.8 Å². The molecule has 1 atom stereocenters. The van der Waals surface area contributed by atoms with Gasteiger partial charge in [0, 0.05) is 42.1 Å². The molecule has 2 heterocycles. The summed E-state index contributed by atoms with van der Waals surface area (Å²) in [4.78, 5) is 15.7. The number of carbonyl (C=O) groups is 1. The molecule has 4 aromatic rings. The van der Waals surface area contributed by atoms with Crippen LogP contribution in [0.1, 0.15) is 18.5 Å². The number of fused-ring (bicyclic) bond motifs is 1. The van der Waals surface area contributed by atoms with Gasteiger partial charge in [-0.3, -0.25) is 0 Å². The number of aromatic nitrogens is 1. The van der Waals surface area contributed by atoms with E-state index in [9.17, 15) is 18.3 Å². The van der Waals surface area contributed by atoms with Gasteiger partial charge in [0.25, 0.3) is 0 Å². The topological polar surface area (TPSA) is 136 Å². The minimum Gasteiger partial charge on any atom is -0.489 e. The summed E-state index contributed by atoms with van der Waals surface area (Å²) < 4.78 is 33.8. The molecule has 0 spiro atoms. The highest BCUT2D eigenvalue weighted by molar-refractivity contribution is 7.89. The standard InChI is InChI=1S/C31H37N5O5S/c1-22-18-24-6-5-9-29(30(24)33-22)41-21-27(37)20-32-19-23-14-16-36(17-15-23)42(39,40)28-12-10-26(11-13-28)35-31(38)34-25-7-3-2-4-8-25/h2-13,18,23,27,32-33,37H,14-17,19-21H2,1H3,(H2,34,35,38)/t27-/m0/s1. The van der Waals surface area contributed by atoms with E-state index in [1.165, 1.54) is 16.4 Å². The first-order chi connectivity index (χ1) is 20.3. The van der Waals surface area contributed by atoms with E-state index in [2.05, 4.69) is 27.0 Å². The third-order valence-corrected chi connectivity index (χ3v) is 9.26. The lowest BCUT2D eigenvalue weighted by atomic mass is 9.98. The van der Waals surface area contributed by atoms with E-state index in [0.29, 0.717) is 49.2 Å². The van der Waals surface area contributed by atoms with Gasteiger partial charge in [0.05, 0.1) is 10.4 Å². The van der Waals surface area contributed by atoms with Crippen LogP contribution in [0.3, 0.4) is 0 Å². The molecule has 0 saturated carbocycles. The van der Waals surface area contributed by atoms with Crippen LogP contribution in [0, 0.1) is 12.8 Å². The molecule has 11 heteroatoms. The normalized spacial score (nSPS) is 15.4. The largest absolute Gasteiger partial charge is 0.489 e. The number of anilines is 2. The third kappa shape index (κ3) is 7.48. The van der Waals surface area contributed by atoms with E-state index in [1.807, 2.05) is 43.3 Å². The second kappa shape index (κ2) is 13.4. The molecule has 0 bridgehead atoms. The van der Waals surface area contributed by atoms with Gasteiger partial charge in [0.1, 0.15) is 18.5 Å². The van der Waals surface area contributed by atoms with Crippen LogP contribution in [0.25, 0.3) is 10.9 Å². The van der Waals surface area contributed by atoms with Gasteiger partial charge in [-0.2, -0.15) is 4.31 Å². The number of H-pyrrole nitrogens is 1. The molecule has 42 heavy (non-hydrogen) atoms. The summed E-state index contributed by atoms with van der Waals surface area (Å²) in [7, 11) is -3.64. The van der Waals surface area contributed by atoms with Crippen molar-refractivity contribution >= 4 is 38.3 Å². The van der Waals surface area contributed by atoms with Crippen LogP contribution in [-0.4, -0.2) is 67.7 Å². The van der Waals surface area contributed by atoms with Crippen LogP contribution >= 0.6 is 0 Å². The van der Waals surface area contributed by atoms with Gasteiger partial charge in [0.15, 0.2) is 0 Å². The van der Waals surface area contributed by atoms with Gasteiger partial charge in [-0.25, -0.2) is 13.2 Å². The summed E-state index contributed by atoms with van der Waals surface area (Å²) >= 11 is 0. The zero-order valence-corrected chi connectivity index (χ0v) is 24.4. The Hall–Kier alpha value is -3.90. The molecule has 0 radical (unpaired) electrons. The number of urea groups is 1. The van der Waals surface area contributed by atoms with E-state index >= 15 is 0 Å². The molecular weight excluding hydrogens is 554 g/mol. The number of aliphatic hydroxyl groups excluding tert-OH is 1. The summed E-state index contributed by atoms with van der Waals surface area (Å²) in [6.07, 6.45) is 0.789. The Bertz CT molecular complexity index is 1580. The lowest BCUT2D eigenvalue weighted by Crippen LogP contribution is -2.42. The first-order valence-electron chi connectivity index (χ1n) is 14.1. The molecule has 5 N–H and O–H groups in total. The monoisotopic (exact) mass is 591 g/mol. The maximum absolute atomic E-state index is 13.2. The van der Waals surface area contributed by atoms with Crippen molar-refractivity contribution in [3.8, 4) is 5.75 Å². The summed E-state index contributed by atoms with van der Waals surface area (Å²) in [5, 5.41) is 20.2. The summed E-state index contributed by atoms with van der Waals surface area (Å²) in [6, 6.07) is 22.8. The van der Waals surface area contributed by atoms with Crippen LogP contribution in [0.15, 0.2) is 83.8 Å². The van der Waals surface area contributed by atoms with E-state index in [4.69, 9.17) is 4.74 Å². The molecule has 5 rings (SSSR count). The van der Waals surface area contributed by atoms with Gasteiger partial charge in [-0.15, -0.1) is 0 Å². The number of hydrogen-bond donors (Lipinski definition) is 5. The fourth-order valence-corrected chi connectivity index (χ4v) is 6.59. The van der Waals surface area contributed by atoms with E-state index < -0.39 is 22.2 Å². The molecule has 1 aromatic heterocycles. The minimum atomic E-state index is -3.64. The summed E-state index contributed by atoms with van der Waals surface area (Å²) in [5.74, 6) is 1.03.